The molecule has 0 aliphatic heterocycles. The predicted octanol–water partition coefficient (Wildman–Crippen LogP) is 2.37. The summed E-state index contributed by atoms with van der Waals surface area (Å²) < 4.78 is 0. The third kappa shape index (κ3) is 2.21. The number of fused-ring (bicyclic) bond motifs is 2. The van der Waals surface area contributed by atoms with Gasteiger partial charge in [0.05, 0.1) is 5.41 Å². The highest BCUT2D eigenvalue weighted by Gasteiger charge is 2.59. The Morgan fingerprint density at radius 3 is 2.33 bits per heavy atom. The van der Waals surface area contributed by atoms with Gasteiger partial charge >= 0.3 is 12.0 Å². The van der Waals surface area contributed by atoms with Crippen LogP contribution in [0.3, 0.4) is 0 Å². The van der Waals surface area contributed by atoms with Crippen molar-refractivity contribution < 1.29 is 14.7 Å². The summed E-state index contributed by atoms with van der Waals surface area (Å²) in [5, 5.41) is 15.1. The number of amides is 2. The topological polar surface area (TPSA) is 78.4 Å². The summed E-state index contributed by atoms with van der Waals surface area (Å²) in [6, 6.07) is -0.0434. The van der Waals surface area contributed by atoms with Gasteiger partial charge in [0.15, 0.2) is 0 Å². The average molecular weight is 294 g/mol. The molecule has 0 aromatic rings. The van der Waals surface area contributed by atoms with Crippen molar-refractivity contribution in [3.05, 3.63) is 0 Å². The van der Waals surface area contributed by atoms with Gasteiger partial charge in [0.25, 0.3) is 0 Å². The minimum Gasteiger partial charge on any atom is -0.481 e. The summed E-state index contributed by atoms with van der Waals surface area (Å²) in [5.74, 6) is -0.114. The zero-order valence-corrected chi connectivity index (χ0v) is 13.2. The number of carbonyl (C=O) groups excluding carboxylic acids is 1. The first kappa shape index (κ1) is 14.7. The summed E-state index contributed by atoms with van der Waals surface area (Å²) >= 11 is 0. The monoisotopic (exact) mass is 294 g/mol. The quantitative estimate of drug-likeness (QED) is 0.745. The molecule has 0 aromatic heterocycles. The number of nitrogens with one attached hydrogen (secondary N) is 2. The van der Waals surface area contributed by atoms with Crippen LogP contribution in [0.5, 0.6) is 0 Å². The van der Waals surface area contributed by atoms with Gasteiger partial charge in [0.2, 0.25) is 0 Å². The van der Waals surface area contributed by atoms with Crippen LogP contribution in [0.2, 0.25) is 0 Å². The van der Waals surface area contributed by atoms with E-state index in [0.717, 1.165) is 0 Å². The minimum absolute atomic E-state index is 0.119. The Hall–Kier alpha value is -1.26. The predicted molar refractivity (Wildman–Crippen MR) is 78.9 cm³/mol. The van der Waals surface area contributed by atoms with E-state index in [0.29, 0.717) is 18.8 Å². The van der Waals surface area contributed by atoms with E-state index in [1.807, 2.05) is 0 Å². The van der Waals surface area contributed by atoms with Gasteiger partial charge in [-0.3, -0.25) is 4.79 Å². The van der Waals surface area contributed by atoms with Crippen LogP contribution in [0.15, 0.2) is 0 Å². The molecule has 5 nitrogen and oxygen atoms in total. The van der Waals surface area contributed by atoms with Crippen LogP contribution >= 0.6 is 0 Å². The summed E-state index contributed by atoms with van der Waals surface area (Å²) in [6.45, 7) is 6.99. The fraction of sp³-hybridized carbons (Fsp3) is 0.875. The summed E-state index contributed by atoms with van der Waals surface area (Å²) in [4.78, 5) is 23.3. The lowest BCUT2D eigenvalue weighted by molar-refractivity contribution is -0.143. The van der Waals surface area contributed by atoms with Crippen molar-refractivity contribution in [1.29, 1.82) is 0 Å². The molecule has 3 aliphatic carbocycles. The number of hydrogen-bond acceptors (Lipinski definition) is 2. The van der Waals surface area contributed by atoms with Crippen molar-refractivity contribution in [2.75, 3.05) is 6.54 Å². The van der Waals surface area contributed by atoms with E-state index in [9.17, 15) is 9.59 Å². The van der Waals surface area contributed by atoms with Gasteiger partial charge in [-0.1, -0.05) is 20.8 Å². The highest BCUT2D eigenvalue weighted by atomic mass is 16.4. The number of hydrogen-bond donors (Lipinski definition) is 3. The standard InChI is InChI=1S/C16H26N2O3/c1-14(2)10-4-5-15(3,8-10)11(14)18-13(21)17-9-16(6-7-16)12(19)20/h10-11H,4-9H2,1-3H3,(H,19,20)(H2,17,18,21). The van der Waals surface area contributed by atoms with Crippen LogP contribution in [-0.4, -0.2) is 29.7 Å². The number of aliphatic carboxylic acids is 1. The van der Waals surface area contributed by atoms with Crippen molar-refractivity contribution in [1.82, 2.24) is 10.6 Å². The molecule has 3 aliphatic rings. The van der Waals surface area contributed by atoms with Gasteiger partial charge in [-0.2, -0.15) is 0 Å². The number of carboxylic acids is 1. The molecule has 3 unspecified atom stereocenters. The maximum Gasteiger partial charge on any atom is 0.315 e. The molecule has 3 rings (SSSR count). The Morgan fingerprint density at radius 1 is 1.19 bits per heavy atom. The molecule has 0 heterocycles. The summed E-state index contributed by atoms with van der Waals surface area (Å²) in [5.41, 5.74) is -0.393. The molecule has 3 atom stereocenters. The summed E-state index contributed by atoms with van der Waals surface area (Å²) in [6.07, 6.45) is 4.94. The van der Waals surface area contributed by atoms with Gasteiger partial charge in [-0.25, -0.2) is 4.79 Å². The molecule has 3 N–H and O–H groups in total. The second-order valence-electron chi connectivity index (χ2n) is 8.26. The van der Waals surface area contributed by atoms with Crippen LogP contribution < -0.4 is 10.6 Å². The molecule has 2 amide bonds. The molecule has 0 radical (unpaired) electrons. The van der Waals surface area contributed by atoms with E-state index >= 15 is 0 Å². The Bertz CT molecular complexity index is 479. The fourth-order valence-corrected chi connectivity index (χ4v) is 4.71. The molecule has 21 heavy (non-hydrogen) atoms. The van der Waals surface area contributed by atoms with Crippen molar-refractivity contribution in [3.8, 4) is 0 Å². The molecule has 0 saturated heterocycles. The zero-order chi connectivity index (χ0) is 15.5. The number of carboxylic acid groups (broad SMARTS) is 1. The van der Waals surface area contributed by atoms with E-state index in [4.69, 9.17) is 5.11 Å². The number of rotatable bonds is 4. The molecule has 0 spiro atoms. The van der Waals surface area contributed by atoms with Crippen LogP contribution in [-0.2, 0) is 4.79 Å². The van der Waals surface area contributed by atoms with E-state index in [1.54, 1.807) is 0 Å². The number of carbonyl (C=O) groups is 2. The van der Waals surface area contributed by atoms with Gasteiger partial charge in [0, 0.05) is 12.6 Å². The van der Waals surface area contributed by atoms with Gasteiger partial charge < -0.3 is 15.7 Å². The molecular formula is C16H26N2O3. The second-order valence-corrected chi connectivity index (χ2v) is 8.26. The van der Waals surface area contributed by atoms with Crippen molar-refractivity contribution in [3.63, 3.8) is 0 Å². The van der Waals surface area contributed by atoms with E-state index in [2.05, 4.69) is 31.4 Å². The first-order valence-electron chi connectivity index (χ1n) is 7.97. The Balaban J connectivity index is 1.59. The van der Waals surface area contributed by atoms with Gasteiger partial charge in [-0.15, -0.1) is 0 Å². The van der Waals surface area contributed by atoms with Gasteiger partial charge in [0.1, 0.15) is 0 Å². The molecule has 5 heteroatoms. The second kappa shape index (κ2) is 4.37. The molecular weight excluding hydrogens is 268 g/mol. The maximum absolute atomic E-state index is 12.2. The lowest BCUT2D eigenvalue weighted by atomic mass is 9.68. The Labute approximate surface area is 125 Å². The Kier molecular flexibility index (Phi) is 3.05. The SMILES string of the molecule is CC12CCC(C1)C(C)(C)C2NC(=O)NCC1(C(=O)O)CC1. The molecule has 2 bridgehead atoms. The molecule has 3 saturated carbocycles. The molecule has 118 valence electrons. The van der Waals surface area contributed by atoms with Crippen LogP contribution in [0.25, 0.3) is 0 Å². The van der Waals surface area contributed by atoms with E-state index < -0.39 is 11.4 Å². The van der Waals surface area contributed by atoms with Gasteiger partial charge in [-0.05, 0) is 48.9 Å². The maximum atomic E-state index is 12.2. The molecule has 3 fully saturated rings. The first-order valence-corrected chi connectivity index (χ1v) is 7.97. The average Bonchev–Trinajstić information content (AvgIpc) is 3.05. The largest absolute Gasteiger partial charge is 0.481 e. The minimum atomic E-state index is -0.796. The van der Waals surface area contributed by atoms with Crippen LogP contribution in [0, 0.1) is 22.2 Å². The highest BCUT2D eigenvalue weighted by Crippen LogP contribution is 2.62. The lowest BCUT2D eigenvalue weighted by Crippen LogP contribution is -2.55. The fourth-order valence-electron chi connectivity index (χ4n) is 4.71. The molecule has 0 aromatic carbocycles. The third-order valence-electron chi connectivity index (χ3n) is 6.44. The zero-order valence-electron chi connectivity index (χ0n) is 13.2. The van der Waals surface area contributed by atoms with Crippen molar-refractivity contribution in [2.45, 2.75) is 58.9 Å². The normalized spacial score (nSPS) is 38.0. The smallest absolute Gasteiger partial charge is 0.315 e. The van der Waals surface area contributed by atoms with Crippen LogP contribution in [0.1, 0.15) is 52.9 Å². The van der Waals surface area contributed by atoms with Crippen LogP contribution in [0.4, 0.5) is 4.79 Å². The third-order valence-corrected chi connectivity index (χ3v) is 6.44. The van der Waals surface area contributed by atoms with E-state index in [1.165, 1.54) is 19.3 Å². The lowest BCUT2D eigenvalue weighted by Gasteiger charge is -2.43. The van der Waals surface area contributed by atoms with Crippen molar-refractivity contribution >= 4 is 12.0 Å². The summed E-state index contributed by atoms with van der Waals surface area (Å²) in [7, 11) is 0. The first-order chi connectivity index (χ1) is 9.70. The van der Waals surface area contributed by atoms with Crippen molar-refractivity contribution in [2.24, 2.45) is 22.2 Å². The van der Waals surface area contributed by atoms with E-state index in [-0.39, 0.29) is 29.4 Å². The highest BCUT2D eigenvalue weighted by molar-refractivity contribution is 5.80. The Morgan fingerprint density at radius 2 is 1.86 bits per heavy atom. The number of urea groups is 1.